The molecule has 1 heterocycles. The molecule has 0 aliphatic rings. The van der Waals surface area contributed by atoms with Crippen LogP contribution < -0.4 is 5.32 Å². The number of carboxylic acids is 1. The van der Waals surface area contributed by atoms with Crippen molar-refractivity contribution in [2.45, 2.75) is 26.2 Å². The molecule has 0 aliphatic carbocycles. The van der Waals surface area contributed by atoms with Crippen molar-refractivity contribution >= 4 is 34.6 Å². The average molecular weight is 285 g/mol. The maximum absolute atomic E-state index is 11.1. The summed E-state index contributed by atoms with van der Waals surface area (Å²) in [6.45, 7) is 2.43. The summed E-state index contributed by atoms with van der Waals surface area (Å²) in [4.78, 5) is 30.2. The molecule has 19 heavy (non-hydrogen) atoms. The van der Waals surface area contributed by atoms with E-state index in [1.807, 2.05) is 0 Å². The van der Waals surface area contributed by atoms with Crippen molar-refractivity contribution < 1.29 is 19.5 Å². The minimum absolute atomic E-state index is 0.164. The number of thiazole rings is 1. The van der Waals surface area contributed by atoms with Crippen molar-refractivity contribution in [2.75, 3.05) is 11.9 Å². The second kappa shape index (κ2) is 8.20. The molecule has 0 unspecified atom stereocenters. The Labute approximate surface area is 114 Å². The molecule has 104 valence electrons. The molecule has 0 atom stereocenters. The molecule has 1 aromatic heterocycles. The fraction of sp³-hybridized carbons (Fsp3) is 0.455. The molecule has 2 N–H and O–H groups in total. The highest BCUT2D eigenvalue weighted by Gasteiger charge is 2.17. The summed E-state index contributed by atoms with van der Waals surface area (Å²) in [6, 6.07) is 0. The quantitative estimate of drug-likeness (QED) is 0.311. The first-order valence-electron chi connectivity index (χ1n) is 5.78. The highest BCUT2D eigenvalue weighted by Crippen LogP contribution is 2.15. The zero-order valence-electron chi connectivity index (χ0n) is 10.5. The van der Waals surface area contributed by atoms with Gasteiger partial charge in [0.1, 0.15) is 12.3 Å². The molecule has 0 bridgehead atoms. The topological polar surface area (TPSA) is 101 Å². The number of unbranched alkanes of at least 4 members (excludes halogenated alkanes) is 2. The van der Waals surface area contributed by atoms with Gasteiger partial charge in [0.05, 0.1) is 0 Å². The number of hydrogen-bond acceptors (Lipinski definition) is 6. The lowest BCUT2D eigenvalue weighted by Crippen LogP contribution is -2.16. The Hall–Kier alpha value is -1.96. The largest absolute Gasteiger partial charge is 0.476 e. The molecule has 0 aliphatic heterocycles. The maximum atomic E-state index is 11.1. The molecule has 0 radical (unpaired) electrons. The van der Waals surface area contributed by atoms with Crippen LogP contribution in [0.5, 0.6) is 0 Å². The smallest absolute Gasteiger partial charge is 0.360 e. The molecule has 1 rings (SSSR count). The normalized spacial score (nSPS) is 11.1. The molecule has 0 aromatic carbocycles. The van der Waals surface area contributed by atoms with Crippen molar-refractivity contribution in [1.82, 2.24) is 4.98 Å². The lowest BCUT2D eigenvalue weighted by atomic mass is 10.3. The van der Waals surface area contributed by atoms with E-state index in [4.69, 9.17) is 9.94 Å². The number of hydrogen-bond donors (Lipinski definition) is 2. The lowest BCUT2D eigenvalue weighted by Gasteiger charge is -2.00. The van der Waals surface area contributed by atoms with Crippen molar-refractivity contribution in [3.8, 4) is 0 Å². The summed E-state index contributed by atoms with van der Waals surface area (Å²) in [5, 5.41) is 16.8. The van der Waals surface area contributed by atoms with E-state index in [1.54, 1.807) is 0 Å². The average Bonchev–Trinajstić information content (AvgIpc) is 2.82. The Morgan fingerprint density at radius 1 is 1.63 bits per heavy atom. The van der Waals surface area contributed by atoms with Crippen molar-refractivity contribution in [3.63, 3.8) is 0 Å². The van der Waals surface area contributed by atoms with Gasteiger partial charge in [-0.15, -0.1) is 11.3 Å². The SMILES string of the molecule is CCCCCO/N=C(/C(=O)O)c1csc(NC=O)n1. The van der Waals surface area contributed by atoms with Gasteiger partial charge in [-0.3, -0.25) is 4.79 Å². The predicted molar refractivity (Wildman–Crippen MR) is 71.5 cm³/mol. The van der Waals surface area contributed by atoms with Crippen LogP contribution in [-0.2, 0) is 14.4 Å². The number of aromatic nitrogens is 1. The minimum atomic E-state index is -1.22. The first-order chi connectivity index (χ1) is 9.19. The number of nitrogens with one attached hydrogen (secondary N) is 1. The number of aliphatic carboxylic acids is 1. The molecule has 0 fully saturated rings. The van der Waals surface area contributed by atoms with Gasteiger partial charge in [-0.05, 0) is 6.42 Å². The number of rotatable bonds is 9. The van der Waals surface area contributed by atoms with Crippen molar-refractivity contribution in [3.05, 3.63) is 11.1 Å². The van der Waals surface area contributed by atoms with Crippen LogP contribution in [-0.4, -0.2) is 34.8 Å². The van der Waals surface area contributed by atoms with Crippen LogP contribution in [0.3, 0.4) is 0 Å². The Bertz CT molecular complexity index is 459. The van der Waals surface area contributed by atoms with Gasteiger partial charge in [0, 0.05) is 5.38 Å². The van der Waals surface area contributed by atoms with Crippen molar-refractivity contribution in [2.24, 2.45) is 5.16 Å². The van der Waals surface area contributed by atoms with Crippen LogP contribution >= 0.6 is 11.3 Å². The van der Waals surface area contributed by atoms with Crippen LogP contribution in [0.25, 0.3) is 0 Å². The maximum Gasteiger partial charge on any atom is 0.360 e. The molecule has 1 amide bonds. The van der Waals surface area contributed by atoms with E-state index in [-0.39, 0.29) is 11.4 Å². The predicted octanol–water partition coefficient (Wildman–Crippen LogP) is 1.71. The van der Waals surface area contributed by atoms with E-state index >= 15 is 0 Å². The van der Waals surface area contributed by atoms with Crippen LogP contribution in [0, 0.1) is 0 Å². The standard InChI is InChI=1S/C11H15N3O4S/c1-2-3-4-5-18-14-9(10(16)17)8-6-19-11(13-8)12-7-15/h6-7H,2-5H2,1H3,(H,16,17)(H,12,13,15)/b14-9+. The zero-order valence-corrected chi connectivity index (χ0v) is 11.3. The van der Waals surface area contributed by atoms with E-state index in [0.717, 1.165) is 30.6 Å². The molecular weight excluding hydrogens is 270 g/mol. The number of anilines is 1. The molecule has 0 saturated carbocycles. The van der Waals surface area contributed by atoms with E-state index in [9.17, 15) is 9.59 Å². The highest BCUT2D eigenvalue weighted by molar-refractivity contribution is 7.14. The Morgan fingerprint density at radius 2 is 2.42 bits per heavy atom. The second-order valence-corrected chi connectivity index (χ2v) is 4.44. The first kappa shape index (κ1) is 15.1. The van der Waals surface area contributed by atoms with Gasteiger partial charge in [-0.25, -0.2) is 9.78 Å². The minimum Gasteiger partial charge on any atom is -0.476 e. The summed E-state index contributed by atoms with van der Waals surface area (Å²) < 4.78 is 0. The van der Waals surface area contributed by atoms with Gasteiger partial charge in [0.2, 0.25) is 12.1 Å². The van der Waals surface area contributed by atoms with Gasteiger partial charge < -0.3 is 15.3 Å². The molecule has 1 aromatic rings. The number of amides is 1. The fourth-order valence-electron chi connectivity index (χ4n) is 1.22. The molecule has 7 nitrogen and oxygen atoms in total. The molecule has 8 heteroatoms. The number of oxime groups is 1. The number of carboxylic acid groups (broad SMARTS) is 1. The highest BCUT2D eigenvalue weighted by atomic mass is 32.1. The molecule has 0 spiro atoms. The van der Waals surface area contributed by atoms with Crippen LogP contribution in [0.15, 0.2) is 10.5 Å². The Morgan fingerprint density at radius 3 is 3.05 bits per heavy atom. The van der Waals surface area contributed by atoms with Gasteiger partial charge >= 0.3 is 5.97 Å². The summed E-state index contributed by atoms with van der Waals surface area (Å²) in [5.74, 6) is -1.22. The van der Waals surface area contributed by atoms with E-state index in [0.29, 0.717) is 18.1 Å². The summed E-state index contributed by atoms with van der Waals surface area (Å²) in [7, 11) is 0. The summed E-state index contributed by atoms with van der Waals surface area (Å²) in [5.41, 5.74) is -0.107. The third-order valence-corrected chi connectivity index (χ3v) is 2.90. The van der Waals surface area contributed by atoms with Gasteiger partial charge in [0.15, 0.2) is 5.13 Å². The van der Waals surface area contributed by atoms with Crippen LogP contribution in [0.2, 0.25) is 0 Å². The monoisotopic (exact) mass is 285 g/mol. The van der Waals surface area contributed by atoms with Gasteiger partial charge in [-0.2, -0.15) is 0 Å². The van der Waals surface area contributed by atoms with Gasteiger partial charge in [-0.1, -0.05) is 24.9 Å². The first-order valence-corrected chi connectivity index (χ1v) is 6.66. The number of carbonyl (C=O) groups is 2. The number of nitrogens with zero attached hydrogens (tertiary/aromatic N) is 2. The Balaban J connectivity index is 2.67. The summed E-state index contributed by atoms with van der Waals surface area (Å²) in [6.07, 6.45) is 3.34. The third kappa shape index (κ3) is 5.04. The van der Waals surface area contributed by atoms with Crippen LogP contribution in [0.4, 0.5) is 5.13 Å². The molecule has 0 saturated heterocycles. The van der Waals surface area contributed by atoms with E-state index < -0.39 is 5.97 Å². The Kier molecular flexibility index (Phi) is 6.51. The summed E-state index contributed by atoms with van der Waals surface area (Å²) >= 11 is 1.11. The van der Waals surface area contributed by atoms with Crippen molar-refractivity contribution in [1.29, 1.82) is 0 Å². The van der Waals surface area contributed by atoms with Gasteiger partial charge in [0.25, 0.3) is 0 Å². The fourth-order valence-corrected chi connectivity index (χ4v) is 1.88. The second-order valence-electron chi connectivity index (χ2n) is 3.59. The van der Waals surface area contributed by atoms with E-state index in [2.05, 4.69) is 22.4 Å². The zero-order chi connectivity index (χ0) is 14.1. The van der Waals surface area contributed by atoms with E-state index in [1.165, 1.54) is 5.38 Å². The molecular formula is C11H15N3O4S. The van der Waals surface area contributed by atoms with Crippen LogP contribution in [0.1, 0.15) is 31.9 Å². The lowest BCUT2D eigenvalue weighted by molar-refractivity contribution is -0.129. The third-order valence-electron chi connectivity index (χ3n) is 2.13. The number of carbonyl (C=O) groups excluding carboxylic acids is 1.